The summed E-state index contributed by atoms with van der Waals surface area (Å²) in [5.74, 6) is -2.59. The number of halogens is 14. The molecule has 0 saturated carbocycles. The van der Waals surface area contributed by atoms with E-state index in [1.54, 1.807) is 114 Å². The van der Waals surface area contributed by atoms with Crippen molar-refractivity contribution < 1.29 is 68.2 Å². The Labute approximate surface area is 419 Å². The average Bonchev–Trinajstić information content (AvgIpc) is 3.88. The van der Waals surface area contributed by atoms with Gasteiger partial charge in [0, 0.05) is 0 Å². The molecule has 0 saturated heterocycles. The van der Waals surface area contributed by atoms with Crippen LogP contribution in [-0.2, 0) is 51.1 Å². The third-order valence-electron chi connectivity index (χ3n) is 14.2. The van der Waals surface area contributed by atoms with Crippen LogP contribution in [0.3, 0.4) is 0 Å². The van der Waals surface area contributed by atoms with E-state index in [1.807, 2.05) is 37.4 Å². The summed E-state index contributed by atoms with van der Waals surface area (Å²) >= 11 is -6.23. The standard InChI is InChI=1S/2C27H21F6.C2H7Si.2ClH.Zr/c2*1-25(2,3)23-10-9-17-11-18(16-7-5-4-6-8-16)14-22(17)24(23)19-12-20(26(28,29)30)15-21(13-19)27(31,32)33;1-3-2;;;/h2*4-15H,1-3H3;3H,1-2H3;2*1H;/q;;;;;+2/p-2. The van der Waals surface area contributed by atoms with Crippen molar-refractivity contribution in [1.82, 2.24) is 0 Å². The Morgan fingerprint density at radius 3 is 0.944 bits per heavy atom. The first kappa shape index (κ1) is 53.9. The summed E-state index contributed by atoms with van der Waals surface area (Å²) in [5, 5.41) is 0. The Hall–Kier alpha value is -4.36. The van der Waals surface area contributed by atoms with Crippen LogP contribution in [0.4, 0.5) is 52.7 Å². The van der Waals surface area contributed by atoms with Crippen LogP contribution >= 0.6 is 17.0 Å². The first-order valence-electron chi connectivity index (χ1n) is 23.1. The molecule has 2 unspecified atom stereocenters. The van der Waals surface area contributed by atoms with Gasteiger partial charge in [0.15, 0.2) is 0 Å². The second-order valence-corrected chi connectivity index (χ2v) is 63.8. The van der Waals surface area contributed by atoms with Crippen molar-refractivity contribution in [3.63, 3.8) is 0 Å². The van der Waals surface area contributed by atoms with Gasteiger partial charge in [-0.1, -0.05) is 0 Å². The number of benzene rings is 6. The number of allylic oxidation sites excluding steroid dienone is 2. The molecule has 0 aliphatic heterocycles. The van der Waals surface area contributed by atoms with Gasteiger partial charge >= 0.3 is 422 Å². The van der Waals surface area contributed by atoms with Crippen LogP contribution in [0.2, 0.25) is 13.1 Å². The molecular weight excluding hydrogens is 1090 g/mol. The first-order chi connectivity index (χ1) is 33.0. The van der Waals surface area contributed by atoms with Crippen molar-refractivity contribution >= 4 is 46.2 Å². The van der Waals surface area contributed by atoms with E-state index >= 15 is 0 Å². The van der Waals surface area contributed by atoms with Crippen LogP contribution in [0, 0.1) is 0 Å². The van der Waals surface area contributed by atoms with Crippen molar-refractivity contribution in [3.8, 4) is 22.3 Å². The first-order valence-corrected chi connectivity index (χ1v) is 39.4. The summed E-state index contributed by atoms with van der Waals surface area (Å²) in [4.78, 5) is 0. The molecule has 0 radical (unpaired) electrons. The van der Waals surface area contributed by atoms with E-state index in [9.17, 15) is 52.7 Å². The minimum absolute atomic E-state index is 0.0907. The summed E-state index contributed by atoms with van der Waals surface area (Å²) in [6.07, 6.45) is -17.1. The van der Waals surface area contributed by atoms with Gasteiger partial charge in [-0.25, -0.2) is 0 Å². The van der Waals surface area contributed by atoms with Gasteiger partial charge in [-0.05, 0) is 0 Å². The van der Waals surface area contributed by atoms with Gasteiger partial charge in [-0.3, -0.25) is 0 Å². The summed E-state index contributed by atoms with van der Waals surface area (Å²) in [6.45, 7) is 14.8. The zero-order valence-corrected chi connectivity index (χ0v) is 45.3. The molecule has 16 heteroatoms. The third-order valence-corrected chi connectivity index (χ3v) is 65.7. The van der Waals surface area contributed by atoms with Gasteiger partial charge in [-0.2, -0.15) is 0 Å². The molecule has 0 heterocycles. The Morgan fingerprint density at radius 1 is 0.403 bits per heavy atom. The van der Waals surface area contributed by atoms with Crippen LogP contribution in [0.15, 0.2) is 121 Å². The SMILES string of the molecule is C[SiH](C)[Zr]([Cl])([Cl])([CH]1C(c2ccccc2)=Cc2c1ccc(C(C)(C)C)c2-c1cc(C(F)(F)F)cc(C(F)(F)F)c1)[CH]1C(c2ccccc2)=Cc2c1ccc(C(C)(C)C)c2-c1cc(C(F)(F)F)cc(C(F)(F)F)c1. The fraction of sp³-hybridized carbons (Fsp3) is 0.286. The molecule has 0 nitrogen and oxygen atoms in total. The normalized spacial score (nSPS) is 17.3. The zero-order valence-electron chi connectivity index (χ0n) is 40.2. The zero-order chi connectivity index (χ0) is 53.1. The Kier molecular flexibility index (Phi) is 13.4. The van der Waals surface area contributed by atoms with Gasteiger partial charge in [0.1, 0.15) is 0 Å². The van der Waals surface area contributed by atoms with E-state index < -0.39 is 86.5 Å². The molecule has 6 aromatic carbocycles. The molecule has 6 aromatic rings. The van der Waals surface area contributed by atoms with Crippen LogP contribution in [0.5, 0.6) is 0 Å². The molecule has 2 aliphatic carbocycles. The number of rotatable bonds is 7. The second kappa shape index (κ2) is 17.9. The van der Waals surface area contributed by atoms with Crippen molar-refractivity contribution in [2.75, 3.05) is 0 Å². The Morgan fingerprint density at radius 2 is 0.694 bits per heavy atom. The third kappa shape index (κ3) is 9.53. The molecule has 2 aliphatic rings. The van der Waals surface area contributed by atoms with Gasteiger partial charge < -0.3 is 0 Å². The van der Waals surface area contributed by atoms with Gasteiger partial charge in [0.25, 0.3) is 0 Å². The predicted octanol–water partition coefficient (Wildman–Crippen LogP) is 19.6. The van der Waals surface area contributed by atoms with Crippen LogP contribution < -0.4 is 0 Å². The number of fused-ring (bicyclic) bond motifs is 2. The molecule has 379 valence electrons. The Bertz CT molecular complexity index is 2900. The fourth-order valence-electron chi connectivity index (χ4n) is 10.8. The summed E-state index contributed by atoms with van der Waals surface area (Å²) in [7, 11) is 17.7. The molecule has 72 heavy (non-hydrogen) atoms. The maximum atomic E-state index is 14.6. The van der Waals surface area contributed by atoms with Crippen molar-refractivity contribution in [2.45, 2.75) is 97.4 Å². The summed E-state index contributed by atoms with van der Waals surface area (Å²) in [6, 6.07) is 28.1. The molecule has 0 spiro atoms. The summed E-state index contributed by atoms with van der Waals surface area (Å²) < 4.78 is 174. The molecule has 0 N–H and O–H groups in total. The molecule has 0 bridgehead atoms. The van der Waals surface area contributed by atoms with E-state index in [-0.39, 0.29) is 34.4 Å². The molecule has 8 rings (SSSR count). The van der Waals surface area contributed by atoms with Crippen molar-refractivity contribution in [2.24, 2.45) is 0 Å². The van der Waals surface area contributed by atoms with Crippen LogP contribution in [-0.4, -0.2) is 5.92 Å². The van der Waals surface area contributed by atoms with E-state index in [1.165, 1.54) is 0 Å². The molecule has 0 fully saturated rings. The number of hydrogen-bond acceptors (Lipinski definition) is 0. The second-order valence-electron chi connectivity index (χ2n) is 21.2. The van der Waals surface area contributed by atoms with Crippen LogP contribution in [0.1, 0.15) is 116 Å². The predicted molar refractivity (Wildman–Crippen MR) is 266 cm³/mol. The van der Waals surface area contributed by atoms with Gasteiger partial charge in [0.2, 0.25) is 0 Å². The van der Waals surface area contributed by atoms with Crippen molar-refractivity contribution in [1.29, 1.82) is 0 Å². The van der Waals surface area contributed by atoms with E-state index in [0.717, 1.165) is 24.3 Å². The average molecular weight is 1140 g/mol. The number of hydrogen-bond donors (Lipinski definition) is 0. The fourth-order valence-corrected chi connectivity index (χ4v) is 40.9. The molecule has 0 aromatic heterocycles. The monoisotopic (exact) mass is 1140 g/mol. The molecular formula is C56H49Cl2F12SiZr. The maximum absolute atomic E-state index is 14.6. The van der Waals surface area contributed by atoms with Gasteiger partial charge in [-0.15, -0.1) is 0 Å². The van der Waals surface area contributed by atoms with Crippen molar-refractivity contribution in [3.05, 3.63) is 188 Å². The summed E-state index contributed by atoms with van der Waals surface area (Å²) in [5.41, 5.74) is -3.03. The topological polar surface area (TPSA) is 0 Å². The minimum atomic E-state index is -6.23. The van der Waals surface area contributed by atoms with Gasteiger partial charge in [0.05, 0.1) is 0 Å². The number of alkyl halides is 12. The molecule has 2 atom stereocenters. The molecule has 0 amide bonds. The van der Waals surface area contributed by atoms with E-state index in [2.05, 4.69) is 0 Å². The Balaban J connectivity index is 1.52. The van der Waals surface area contributed by atoms with E-state index in [0.29, 0.717) is 55.7 Å². The quantitative estimate of drug-likeness (QED) is 0.110. The van der Waals surface area contributed by atoms with E-state index in [4.69, 9.17) is 17.0 Å². The van der Waals surface area contributed by atoms with Crippen LogP contribution in [0.25, 0.3) is 45.6 Å².